The van der Waals surface area contributed by atoms with Crippen LogP contribution in [0.2, 0.25) is 0 Å². The van der Waals surface area contributed by atoms with Crippen molar-refractivity contribution in [2.75, 3.05) is 0 Å². The molecule has 0 aliphatic heterocycles. The van der Waals surface area contributed by atoms with Gasteiger partial charge < -0.3 is 0 Å². The molecule has 0 bridgehead atoms. The van der Waals surface area contributed by atoms with Gasteiger partial charge in [-0.15, -0.1) is 19.7 Å². The Morgan fingerprint density at radius 3 is 2.12 bits per heavy atom. The zero-order valence-corrected chi connectivity index (χ0v) is 30.7. The third-order valence-corrected chi connectivity index (χ3v) is 13.3. The molecule has 42 heavy (non-hydrogen) atoms. The minimum Gasteiger partial charge on any atom is -0.106 e. The smallest absolute Gasteiger partial charge is 0.00596 e. The van der Waals surface area contributed by atoms with Crippen LogP contribution in [0.4, 0.5) is 0 Å². The molecular formula is C42H76. The van der Waals surface area contributed by atoms with Gasteiger partial charge in [0.15, 0.2) is 0 Å². The first-order valence-corrected chi connectivity index (χ1v) is 18.5. The lowest BCUT2D eigenvalue weighted by molar-refractivity contribution is -0.115. The van der Waals surface area contributed by atoms with E-state index in [2.05, 4.69) is 102 Å². The Morgan fingerprint density at radius 2 is 1.52 bits per heavy atom. The highest BCUT2D eigenvalue weighted by Gasteiger charge is 2.63. The molecule has 4 aliphatic carbocycles. The van der Waals surface area contributed by atoms with Crippen LogP contribution in [0.25, 0.3) is 0 Å². The fourth-order valence-corrected chi connectivity index (χ4v) is 10.6. The number of hydrogen-bond acceptors (Lipinski definition) is 0. The fraction of sp³-hybridized carbons (Fsp3) is 0.857. The standard InChI is InChI=1S/C29H50.C11H22.C2H4/c1-20(2)9-8-10-22(4)24-13-14-25-26-12-11-23-19-21(3)15-16-28(23,6)29(26,7)18-17-27(24,25)5;1-9(2)6-7-11(5)8-10(3)4;1-2/h11,20-22,24-26H,8-10,12-19H2,1-7H3;10-11H,1,6-8H2,2-5H3;1-2H2. The van der Waals surface area contributed by atoms with Crippen LogP contribution < -0.4 is 0 Å². The predicted octanol–water partition coefficient (Wildman–Crippen LogP) is 13.9. The number of rotatable bonds is 10. The summed E-state index contributed by atoms with van der Waals surface area (Å²) in [6.45, 7) is 36.9. The highest BCUT2D eigenvalue weighted by Crippen LogP contribution is 2.72. The monoisotopic (exact) mass is 581 g/mol. The van der Waals surface area contributed by atoms with E-state index in [0.29, 0.717) is 16.2 Å². The van der Waals surface area contributed by atoms with Crippen LogP contribution in [-0.4, -0.2) is 0 Å². The summed E-state index contributed by atoms with van der Waals surface area (Å²) < 4.78 is 0. The second kappa shape index (κ2) is 16.0. The van der Waals surface area contributed by atoms with Crippen LogP contribution in [0, 0.1) is 63.6 Å². The van der Waals surface area contributed by atoms with Gasteiger partial charge in [-0.2, -0.15) is 0 Å². The molecular weight excluding hydrogens is 504 g/mol. The average Bonchev–Trinajstić information content (AvgIpc) is 3.26. The van der Waals surface area contributed by atoms with E-state index in [1.54, 1.807) is 0 Å². The molecule has 0 N–H and O–H groups in total. The van der Waals surface area contributed by atoms with Gasteiger partial charge in [-0.1, -0.05) is 106 Å². The lowest BCUT2D eigenvalue weighted by Gasteiger charge is -2.64. The molecule has 3 fully saturated rings. The Morgan fingerprint density at radius 1 is 0.857 bits per heavy atom. The summed E-state index contributed by atoms with van der Waals surface area (Å²) >= 11 is 0. The molecule has 0 radical (unpaired) electrons. The normalized spacial score (nSPS) is 36.7. The van der Waals surface area contributed by atoms with Gasteiger partial charge in [0.1, 0.15) is 0 Å². The van der Waals surface area contributed by atoms with Crippen molar-refractivity contribution in [3.8, 4) is 0 Å². The molecule has 4 rings (SSSR count). The largest absolute Gasteiger partial charge is 0.106 e. The summed E-state index contributed by atoms with van der Waals surface area (Å²) in [5, 5.41) is 0. The maximum absolute atomic E-state index is 3.91. The molecule has 244 valence electrons. The van der Waals surface area contributed by atoms with Gasteiger partial charge in [0.05, 0.1) is 0 Å². The first-order valence-electron chi connectivity index (χ1n) is 18.5. The highest BCUT2D eigenvalue weighted by atomic mass is 14.7. The van der Waals surface area contributed by atoms with E-state index >= 15 is 0 Å². The third-order valence-electron chi connectivity index (χ3n) is 13.3. The summed E-state index contributed by atoms with van der Waals surface area (Å²) in [6, 6.07) is 0. The van der Waals surface area contributed by atoms with Crippen molar-refractivity contribution in [2.45, 2.75) is 166 Å². The molecule has 0 aromatic heterocycles. The minimum absolute atomic E-state index is 0.491. The molecule has 4 aliphatic rings. The summed E-state index contributed by atoms with van der Waals surface area (Å²) in [7, 11) is 0. The Kier molecular flexibility index (Phi) is 14.2. The van der Waals surface area contributed by atoms with Gasteiger partial charge in [-0.25, -0.2) is 0 Å². The van der Waals surface area contributed by atoms with Gasteiger partial charge in [0, 0.05) is 0 Å². The van der Waals surface area contributed by atoms with Gasteiger partial charge in [0.2, 0.25) is 0 Å². The van der Waals surface area contributed by atoms with Crippen molar-refractivity contribution >= 4 is 0 Å². The van der Waals surface area contributed by atoms with E-state index in [1.165, 1.54) is 95.5 Å². The van der Waals surface area contributed by atoms with E-state index in [-0.39, 0.29) is 0 Å². The lowest BCUT2D eigenvalue weighted by atomic mass is 9.40. The SMILES string of the molecule is C=C.C=C(C)CCC(C)CC(C)C.CC(C)CCCC(C)C1CCC2C3CC=C4CC(C)CCC4(C)C3(C)CCC12C. The molecule has 0 aromatic carbocycles. The number of hydrogen-bond donors (Lipinski definition) is 0. The molecule has 9 atom stereocenters. The minimum atomic E-state index is 0.491. The van der Waals surface area contributed by atoms with Crippen molar-refractivity contribution in [1.82, 2.24) is 0 Å². The summed E-state index contributed by atoms with van der Waals surface area (Å²) in [5.74, 6) is 7.31. The Balaban J connectivity index is 0.000000403. The fourth-order valence-electron chi connectivity index (χ4n) is 10.6. The zero-order valence-electron chi connectivity index (χ0n) is 30.7. The molecule has 3 saturated carbocycles. The summed E-state index contributed by atoms with van der Waals surface area (Å²) in [6.07, 6.45) is 22.7. The average molecular weight is 581 g/mol. The molecule has 0 amide bonds. The second-order valence-electron chi connectivity index (χ2n) is 17.5. The van der Waals surface area contributed by atoms with Crippen LogP contribution in [0.1, 0.15) is 166 Å². The second-order valence-corrected chi connectivity index (χ2v) is 17.5. The van der Waals surface area contributed by atoms with Gasteiger partial charge in [-0.05, 0) is 141 Å². The topological polar surface area (TPSA) is 0 Å². The molecule has 0 heteroatoms. The Hall–Kier alpha value is -0.780. The van der Waals surface area contributed by atoms with E-state index in [9.17, 15) is 0 Å². The van der Waals surface area contributed by atoms with E-state index in [1.807, 2.05) is 5.57 Å². The Bertz CT molecular complexity index is 859. The van der Waals surface area contributed by atoms with Gasteiger partial charge in [0.25, 0.3) is 0 Å². The first kappa shape index (κ1) is 37.4. The van der Waals surface area contributed by atoms with Crippen LogP contribution in [0.15, 0.2) is 37.0 Å². The highest BCUT2D eigenvalue weighted by molar-refractivity contribution is 5.28. The molecule has 0 heterocycles. The summed E-state index contributed by atoms with van der Waals surface area (Å²) in [5.41, 5.74) is 4.84. The van der Waals surface area contributed by atoms with E-state index in [4.69, 9.17) is 0 Å². The maximum atomic E-state index is 3.91. The lowest BCUT2D eigenvalue weighted by Crippen LogP contribution is -2.56. The quantitative estimate of drug-likeness (QED) is 0.225. The number of allylic oxidation sites excluding steroid dienone is 3. The number of fused-ring (bicyclic) bond motifs is 5. The van der Waals surface area contributed by atoms with Crippen LogP contribution in [-0.2, 0) is 0 Å². The molecule has 0 nitrogen and oxygen atoms in total. The zero-order chi connectivity index (χ0) is 31.9. The molecule has 9 unspecified atom stereocenters. The van der Waals surface area contributed by atoms with Crippen LogP contribution in [0.3, 0.4) is 0 Å². The molecule has 0 spiro atoms. The van der Waals surface area contributed by atoms with Gasteiger partial charge >= 0.3 is 0 Å². The van der Waals surface area contributed by atoms with Crippen molar-refractivity contribution < 1.29 is 0 Å². The van der Waals surface area contributed by atoms with Crippen molar-refractivity contribution in [1.29, 1.82) is 0 Å². The van der Waals surface area contributed by atoms with Crippen LogP contribution >= 0.6 is 0 Å². The third kappa shape index (κ3) is 8.47. The first-order chi connectivity index (χ1) is 19.6. The van der Waals surface area contributed by atoms with Crippen molar-refractivity contribution in [2.24, 2.45) is 63.6 Å². The van der Waals surface area contributed by atoms with Gasteiger partial charge in [-0.3, -0.25) is 0 Å². The summed E-state index contributed by atoms with van der Waals surface area (Å²) in [4.78, 5) is 0. The molecule has 0 aromatic rings. The van der Waals surface area contributed by atoms with E-state index in [0.717, 1.165) is 47.3 Å². The van der Waals surface area contributed by atoms with Crippen molar-refractivity contribution in [3.05, 3.63) is 37.0 Å². The van der Waals surface area contributed by atoms with Crippen LogP contribution in [0.5, 0.6) is 0 Å². The molecule has 0 saturated heterocycles. The maximum Gasteiger partial charge on any atom is -0.00596 e. The Labute approximate surface area is 266 Å². The van der Waals surface area contributed by atoms with Crippen molar-refractivity contribution in [3.63, 3.8) is 0 Å². The van der Waals surface area contributed by atoms with E-state index < -0.39 is 0 Å². The predicted molar refractivity (Wildman–Crippen MR) is 191 cm³/mol.